The van der Waals surface area contributed by atoms with Crippen LogP contribution < -0.4 is 4.74 Å². The second-order valence-electron chi connectivity index (χ2n) is 3.09. The van der Waals surface area contributed by atoms with E-state index in [-0.39, 0.29) is 0 Å². The van der Waals surface area contributed by atoms with E-state index in [1.165, 1.54) is 5.57 Å². The Morgan fingerprint density at radius 1 is 1.46 bits per heavy atom. The van der Waals surface area contributed by atoms with Crippen LogP contribution in [0.5, 0.6) is 5.88 Å². The van der Waals surface area contributed by atoms with E-state index >= 15 is 0 Å². The molecule has 0 bridgehead atoms. The number of ether oxygens (including phenoxy) is 1. The van der Waals surface area contributed by atoms with Crippen LogP contribution in [-0.2, 0) is 0 Å². The van der Waals surface area contributed by atoms with E-state index in [0.29, 0.717) is 12.5 Å². The summed E-state index contributed by atoms with van der Waals surface area (Å²) in [5.74, 6) is 0.581. The maximum absolute atomic E-state index is 5.35. The first-order valence-electron chi connectivity index (χ1n) is 4.23. The van der Waals surface area contributed by atoms with E-state index in [4.69, 9.17) is 4.74 Å². The molecular formula is C10H14N2O. The van der Waals surface area contributed by atoms with Crippen molar-refractivity contribution in [3.63, 3.8) is 0 Å². The summed E-state index contributed by atoms with van der Waals surface area (Å²) in [7, 11) is 0. The Morgan fingerprint density at radius 2 is 2.23 bits per heavy atom. The highest BCUT2D eigenvalue weighted by Crippen LogP contribution is 2.04. The standard InChI is InChI=1S/C10H14N2O/c1-8(2)4-5-13-10-7-11-6-9(3)12-10/h4,6-7H,5H2,1-3H3. The van der Waals surface area contributed by atoms with E-state index in [0.717, 1.165) is 5.69 Å². The van der Waals surface area contributed by atoms with Crippen molar-refractivity contribution >= 4 is 0 Å². The van der Waals surface area contributed by atoms with E-state index in [1.807, 2.05) is 26.8 Å². The molecule has 0 aliphatic rings. The predicted molar refractivity (Wildman–Crippen MR) is 51.7 cm³/mol. The third kappa shape index (κ3) is 3.69. The molecule has 0 N–H and O–H groups in total. The average Bonchev–Trinajstić information content (AvgIpc) is 2.03. The molecule has 0 atom stereocenters. The number of aryl methyl sites for hydroxylation is 1. The smallest absolute Gasteiger partial charge is 0.232 e. The molecule has 0 aliphatic heterocycles. The lowest BCUT2D eigenvalue weighted by atomic mass is 10.3. The summed E-state index contributed by atoms with van der Waals surface area (Å²) in [5.41, 5.74) is 2.11. The molecule has 0 saturated heterocycles. The summed E-state index contributed by atoms with van der Waals surface area (Å²) in [4.78, 5) is 8.13. The van der Waals surface area contributed by atoms with Gasteiger partial charge < -0.3 is 4.74 Å². The van der Waals surface area contributed by atoms with Crippen LogP contribution in [0.3, 0.4) is 0 Å². The summed E-state index contributed by atoms with van der Waals surface area (Å²) in [6.07, 6.45) is 5.32. The zero-order chi connectivity index (χ0) is 9.68. The van der Waals surface area contributed by atoms with Crippen molar-refractivity contribution in [3.05, 3.63) is 29.7 Å². The number of aromatic nitrogens is 2. The van der Waals surface area contributed by atoms with Crippen molar-refractivity contribution in [1.82, 2.24) is 9.97 Å². The van der Waals surface area contributed by atoms with Crippen molar-refractivity contribution in [2.75, 3.05) is 6.61 Å². The Kier molecular flexibility index (Phi) is 3.43. The Morgan fingerprint density at radius 3 is 2.85 bits per heavy atom. The molecule has 0 aromatic carbocycles. The van der Waals surface area contributed by atoms with Gasteiger partial charge in [-0.25, -0.2) is 4.98 Å². The van der Waals surface area contributed by atoms with Crippen LogP contribution in [0.1, 0.15) is 19.5 Å². The molecule has 0 aliphatic carbocycles. The first kappa shape index (κ1) is 9.71. The van der Waals surface area contributed by atoms with Crippen molar-refractivity contribution < 1.29 is 4.74 Å². The van der Waals surface area contributed by atoms with Crippen LogP contribution in [0.15, 0.2) is 24.0 Å². The number of nitrogens with zero attached hydrogens (tertiary/aromatic N) is 2. The summed E-state index contributed by atoms with van der Waals surface area (Å²) in [5, 5.41) is 0. The molecule has 1 aromatic rings. The predicted octanol–water partition coefficient (Wildman–Crippen LogP) is 2.13. The number of allylic oxidation sites excluding steroid dienone is 1. The second kappa shape index (κ2) is 4.60. The second-order valence-corrected chi connectivity index (χ2v) is 3.09. The molecule has 3 nitrogen and oxygen atoms in total. The van der Waals surface area contributed by atoms with Crippen LogP contribution in [0.4, 0.5) is 0 Å². The summed E-state index contributed by atoms with van der Waals surface area (Å²) in [6, 6.07) is 0. The topological polar surface area (TPSA) is 35.0 Å². The molecule has 0 unspecified atom stereocenters. The monoisotopic (exact) mass is 178 g/mol. The highest BCUT2D eigenvalue weighted by molar-refractivity contribution is 5.07. The highest BCUT2D eigenvalue weighted by Gasteiger charge is 1.93. The van der Waals surface area contributed by atoms with Gasteiger partial charge in [-0.1, -0.05) is 5.57 Å². The molecule has 0 fully saturated rings. The molecule has 1 rings (SSSR count). The summed E-state index contributed by atoms with van der Waals surface area (Å²) < 4.78 is 5.35. The first-order valence-corrected chi connectivity index (χ1v) is 4.23. The minimum atomic E-state index is 0.556. The summed E-state index contributed by atoms with van der Waals surface area (Å²) in [6.45, 7) is 6.51. The lowest BCUT2D eigenvalue weighted by Crippen LogP contribution is -1.97. The molecule has 0 saturated carbocycles. The van der Waals surface area contributed by atoms with Gasteiger partial charge in [0.2, 0.25) is 5.88 Å². The van der Waals surface area contributed by atoms with Crippen molar-refractivity contribution in [2.24, 2.45) is 0 Å². The molecule has 0 amide bonds. The molecule has 1 aromatic heterocycles. The molecular weight excluding hydrogens is 164 g/mol. The van der Waals surface area contributed by atoms with E-state index < -0.39 is 0 Å². The Labute approximate surface area is 78.5 Å². The summed E-state index contributed by atoms with van der Waals surface area (Å²) >= 11 is 0. The Bertz CT molecular complexity index is 304. The van der Waals surface area contributed by atoms with Gasteiger partial charge in [-0.3, -0.25) is 4.98 Å². The molecule has 70 valence electrons. The average molecular weight is 178 g/mol. The van der Waals surface area contributed by atoms with Gasteiger partial charge in [0.1, 0.15) is 6.61 Å². The van der Waals surface area contributed by atoms with Gasteiger partial charge >= 0.3 is 0 Å². The molecule has 3 heteroatoms. The van der Waals surface area contributed by atoms with Crippen LogP contribution in [0.25, 0.3) is 0 Å². The zero-order valence-electron chi connectivity index (χ0n) is 8.24. The maximum Gasteiger partial charge on any atom is 0.232 e. The quantitative estimate of drug-likeness (QED) is 0.665. The van der Waals surface area contributed by atoms with Gasteiger partial charge in [0.05, 0.1) is 11.9 Å². The third-order valence-corrected chi connectivity index (χ3v) is 1.46. The fourth-order valence-corrected chi connectivity index (χ4v) is 0.804. The van der Waals surface area contributed by atoms with Crippen molar-refractivity contribution in [2.45, 2.75) is 20.8 Å². The van der Waals surface area contributed by atoms with Crippen LogP contribution in [0.2, 0.25) is 0 Å². The maximum atomic E-state index is 5.35. The minimum absolute atomic E-state index is 0.556. The number of hydrogen-bond donors (Lipinski definition) is 0. The highest BCUT2D eigenvalue weighted by atomic mass is 16.5. The van der Waals surface area contributed by atoms with Gasteiger partial charge in [-0.2, -0.15) is 0 Å². The van der Waals surface area contributed by atoms with E-state index in [9.17, 15) is 0 Å². The van der Waals surface area contributed by atoms with Gasteiger partial charge in [-0.05, 0) is 26.8 Å². The minimum Gasteiger partial charge on any atom is -0.472 e. The van der Waals surface area contributed by atoms with Gasteiger partial charge in [0.15, 0.2) is 0 Å². The van der Waals surface area contributed by atoms with Gasteiger partial charge in [-0.15, -0.1) is 0 Å². The van der Waals surface area contributed by atoms with Crippen molar-refractivity contribution in [3.8, 4) is 5.88 Å². The molecule has 0 radical (unpaired) electrons. The van der Waals surface area contributed by atoms with E-state index in [2.05, 4.69) is 9.97 Å². The van der Waals surface area contributed by atoms with Gasteiger partial charge in [0.25, 0.3) is 0 Å². The normalized spacial score (nSPS) is 9.46. The van der Waals surface area contributed by atoms with Crippen molar-refractivity contribution in [1.29, 1.82) is 0 Å². The first-order chi connectivity index (χ1) is 6.18. The Balaban J connectivity index is 2.50. The van der Waals surface area contributed by atoms with E-state index in [1.54, 1.807) is 12.4 Å². The fourth-order valence-electron chi connectivity index (χ4n) is 0.804. The van der Waals surface area contributed by atoms with Crippen LogP contribution in [-0.4, -0.2) is 16.6 Å². The fraction of sp³-hybridized carbons (Fsp3) is 0.400. The number of hydrogen-bond acceptors (Lipinski definition) is 3. The number of rotatable bonds is 3. The SMILES string of the molecule is CC(C)=CCOc1cncc(C)n1. The van der Waals surface area contributed by atoms with Crippen LogP contribution >= 0.6 is 0 Å². The lowest BCUT2D eigenvalue weighted by Gasteiger charge is -2.01. The molecule has 13 heavy (non-hydrogen) atoms. The van der Waals surface area contributed by atoms with Crippen LogP contribution in [0, 0.1) is 6.92 Å². The largest absolute Gasteiger partial charge is 0.472 e. The third-order valence-electron chi connectivity index (χ3n) is 1.46. The zero-order valence-corrected chi connectivity index (χ0v) is 8.24. The van der Waals surface area contributed by atoms with Gasteiger partial charge in [0, 0.05) is 6.20 Å². The Hall–Kier alpha value is -1.38. The molecule has 1 heterocycles. The molecule has 0 spiro atoms. The lowest BCUT2D eigenvalue weighted by molar-refractivity contribution is 0.345.